The van der Waals surface area contributed by atoms with Gasteiger partial charge in [-0.15, -0.1) is 0 Å². The number of hydrogen-bond acceptors (Lipinski definition) is 5. The first kappa shape index (κ1) is 16.3. The fourth-order valence-corrected chi connectivity index (χ4v) is 4.78. The minimum absolute atomic E-state index is 0.130. The van der Waals surface area contributed by atoms with Gasteiger partial charge in [-0.2, -0.15) is 0 Å². The highest BCUT2D eigenvalue weighted by Gasteiger charge is 2.35. The van der Waals surface area contributed by atoms with E-state index >= 15 is 0 Å². The maximum atomic E-state index is 12.4. The molecule has 2 rings (SSSR count). The Kier molecular flexibility index (Phi) is 5.24. The van der Waals surface area contributed by atoms with Crippen molar-refractivity contribution >= 4 is 9.84 Å². The molecule has 0 saturated heterocycles. The van der Waals surface area contributed by atoms with Crippen LogP contribution in [0.25, 0.3) is 0 Å². The van der Waals surface area contributed by atoms with Gasteiger partial charge in [0.25, 0.3) is 0 Å². The van der Waals surface area contributed by atoms with Gasteiger partial charge in [0.2, 0.25) is 0 Å². The van der Waals surface area contributed by atoms with E-state index in [1.807, 2.05) is 18.2 Å². The zero-order valence-corrected chi connectivity index (χ0v) is 13.4. The van der Waals surface area contributed by atoms with Crippen LogP contribution in [0.15, 0.2) is 18.2 Å². The van der Waals surface area contributed by atoms with E-state index in [1.165, 1.54) is 0 Å². The van der Waals surface area contributed by atoms with Crippen molar-refractivity contribution in [3.63, 3.8) is 0 Å². The molecule has 0 spiro atoms. The van der Waals surface area contributed by atoms with Crippen molar-refractivity contribution in [2.75, 3.05) is 26.6 Å². The number of nitrogens with two attached hydrogens (primary N) is 1. The molecule has 1 aromatic carbocycles. The molecule has 0 amide bonds. The molecule has 0 radical (unpaired) electrons. The molecule has 0 fully saturated rings. The highest BCUT2D eigenvalue weighted by Crippen LogP contribution is 2.34. The second-order valence-corrected chi connectivity index (χ2v) is 7.72. The van der Waals surface area contributed by atoms with Gasteiger partial charge in [-0.1, -0.05) is 6.07 Å². The minimum Gasteiger partial charge on any atom is -0.497 e. The number of rotatable bonds is 6. The van der Waals surface area contributed by atoms with Gasteiger partial charge in [0.05, 0.1) is 18.1 Å². The number of ether oxygens (including phenoxy) is 2. The largest absolute Gasteiger partial charge is 0.497 e. The molecule has 21 heavy (non-hydrogen) atoms. The van der Waals surface area contributed by atoms with E-state index in [9.17, 15) is 8.42 Å². The van der Waals surface area contributed by atoms with Crippen molar-refractivity contribution in [1.29, 1.82) is 0 Å². The predicted molar refractivity (Wildman–Crippen MR) is 82.3 cm³/mol. The summed E-state index contributed by atoms with van der Waals surface area (Å²) in [6.45, 7) is 0.453. The molecule has 0 bridgehead atoms. The van der Waals surface area contributed by atoms with Crippen LogP contribution in [0.2, 0.25) is 0 Å². The van der Waals surface area contributed by atoms with Crippen LogP contribution in [-0.2, 0) is 21.0 Å². The van der Waals surface area contributed by atoms with Crippen molar-refractivity contribution in [1.82, 2.24) is 0 Å². The quantitative estimate of drug-likeness (QED) is 0.804. The van der Waals surface area contributed by atoms with Gasteiger partial charge in [0.15, 0.2) is 9.84 Å². The molecular formula is C15H23NO4S. The number of fused-ring (bicyclic) bond motifs is 1. The molecule has 0 aromatic heterocycles. The lowest BCUT2D eigenvalue weighted by molar-refractivity contribution is 0.199. The molecule has 2 N–H and O–H groups in total. The molecule has 0 heterocycles. The summed E-state index contributed by atoms with van der Waals surface area (Å²) in [6.07, 6.45) is 1.79. The van der Waals surface area contributed by atoms with E-state index in [1.54, 1.807) is 14.2 Å². The van der Waals surface area contributed by atoms with E-state index < -0.39 is 21.1 Å². The lowest BCUT2D eigenvalue weighted by Gasteiger charge is -2.31. The molecule has 1 aliphatic carbocycles. The summed E-state index contributed by atoms with van der Waals surface area (Å²) in [7, 11) is -0.00880. The van der Waals surface area contributed by atoms with Crippen LogP contribution in [0.3, 0.4) is 0 Å². The number of methoxy groups -OCH3 is 2. The first-order valence-electron chi connectivity index (χ1n) is 7.12. The van der Waals surface area contributed by atoms with E-state index in [-0.39, 0.29) is 5.75 Å². The Morgan fingerprint density at radius 1 is 1.33 bits per heavy atom. The van der Waals surface area contributed by atoms with Gasteiger partial charge in [-0.05, 0) is 42.5 Å². The first-order valence-corrected chi connectivity index (χ1v) is 8.84. The van der Waals surface area contributed by atoms with Crippen molar-refractivity contribution in [2.24, 2.45) is 5.73 Å². The zero-order valence-electron chi connectivity index (χ0n) is 12.5. The van der Waals surface area contributed by atoms with Crippen molar-refractivity contribution in [3.05, 3.63) is 29.3 Å². The monoisotopic (exact) mass is 313 g/mol. The molecule has 6 heteroatoms. The number of hydrogen-bond donors (Lipinski definition) is 1. The maximum absolute atomic E-state index is 12.4. The number of aryl methyl sites for hydroxylation is 1. The molecule has 0 saturated carbocycles. The van der Waals surface area contributed by atoms with Crippen molar-refractivity contribution in [2.45, 2.75) is 30.6 Å². The normalized spacial score (nSPS) is 21.9. The molecule has 118 valence electrons. The van der Waals surface area contributed by atoms with Gasteiger partial charge >= 0.3 is 0 Å². The molecule has 5 nitrogen and oxygen atoms in total. The smallest absolute Gasteiger partial charge is 0.155 e. The Hall–Kier alpha value is -1.11. The average Bonchev–Trinajstić information content (AvgIpc) is 2.47. The fourth-order valence-electron chi connectivity index (χ4n) is 2.89. The summed E-state index contributed by atoms with van der Waals surface area (Å²) >= 11 is 0. The molecular weight excluding hydrogens is 290 g/mol. The number of sulfone groups is 1. The summed E-state index contributed by atoms with van der Waals surface area (Å²) in [4.78, 5) is 0. The minimum atomic E-state index is -3.20. The highest BCUT2D eigenvalue weighted by molar-refractivity contribution is 7.92. The van der Waals surface area contributed by atoms with Gasteiger partial charge in [-0.3, -0.25) is 0 Å². The van der Waals surface area contributed by atoms with Crippen LogP contribution < -0.4 is 10.5 Å². The summed E-state index contributed by atoms with van der Waals surface area (Å²) in [5.74, 6) is 0.910. The second-order valence-electron chi connectivity index (χ2n) is 5.38. The molecule has 2 unspecified atom stereocenters. The Balaban J connectivity index is 2.18. The fraction of sp³-hybridized carbons (Fsp3) is 0.600. The molecule has 1 aromatic rings. The van der Waals surface area contributed by atoms with Gasteiger partial charge in [0.1, 0.15) is 5.75 Å². The summed E-state index contributed by atoms with van der Waals surface area (Å²) in [6, 6.07) is 5.20. The van der Waals surface area contributed by atoms with E-state index in [0.29, 0.717) is 25.9 Å². The maximum Gasteiger partial charge on any atom is 0.155 e. The third kappa shape index (κ3) is 3.56. The van der Waals surface area contributed by atoms with Crippen molar-refractivity contribution < 1.29 is 17.9 Å². The van der Waals surface area contributed by atoms with Crippen LogP contribution in [-0.4, -0.2) is 40.2 Å². The number of benzene rings is 1. The van der Waals surface area contributed by atoms with Gasteiger partial charge < -0.3 is 15.2 Å². The van der Waals surface area contributed by atoms with Crippen LogP contribution in [0.5, 0.6) is 5.75 Å². The van der Waals surface area contributed by atoms with Gasteiger partial charge in [0, 0.05) is 19.8 Å². The Labute approximate surface area is 126 Å². The summed E-state index contributed by atoms with van der Waals surface area (Å²) in [5, 5.41) is -0.504. The molecule has 0 aliphatic heterocycles. The van der Waals surface area contributed by atoms with E-state index in [2.05, 4.69) is 0 Å². The third-order valence-electron chi connectivity index (χ3n) is 4.05. The lowest BCUT2D eigenvalue weighted by atomic mass is 9.87. The lowest BCUT2D eigenvalue weighted by Crippen LogP contribution is -2.39. The van der Waals surface area contributed by atoms with E-state index in [0.717, 1.165) is 16.9 Å². The van der Waals surface area contributed by atoms with Crippen LogP contribution in [0, 0.1) is 0 Å². The second kappa shape index (κ2) is 6.77. The van der Waals surface area contributed by atoms with E-state index in [4.69, 9.17) is 15.2 Å². The van der Waals surface area contributed by atoms with Gasteiger partial charge in [-0.25, -0.2) is 8.42 Å². The molecule has 2 atom stereocenters. The Bertz CT molecular complexity index is 585. The topological polar surface area (TPSA) is 78.6 Å². The molecule has 1 aliphatic rings. The third-order valence-corrected chi connectivity index (χ3v) is 6.36. The highest BCUT2D eigenvalue weighted by atomic mass is 32.2. The Morgan fingerprint density at radius 2 is 2.10 bits per heavy atom. The summed E-state index contributed by atoms with van der Waals surface area (Å²) < 4.78 is 35.0. The summed E-state index contributed by atoms with van der Waals surface area (Å²) in [5.41, 5.74) is 8.23. The van der Waals surface area contributed by atoms with Crippen LogP contribution in [0.1, 0.15) is 30.0 Å². The average molecular weight is 313 g/mol. The van der Waals surface area contributed by atoms with Crippen LogP contribution in [0.4, 0.5) is 0 Å². The van der Waals surface area contributed by atoms with Crippen LogP contribution >= 0.6 is 0 Å². The first-order chi connectivity index (χ1) is 9.99. The predicted octanol–water partition coefficient (Wildman–Crippen LogP) is 1.46. The Morgan fingerprint density at radius 3 is 2.76 bits per heavy atom. The standard InChI is InChI=1S/C15H23NO4S/c1-19-8-3-9-21(17,18)14-7-4-11-10-12(20-2)5-6-13(11)15(14)16/h5-6,10,14-15H,3-4,7-9,16H2,1-2H3. The van der Waals surface area contributed by atoms with Crippen molar-refractivity contribution in [3.8, 4) is 5.75 Å². The SMILES string of the molecule is COCCCS(=O)(=O)C1CCc2cc(OC)ccc2C1N. The zero-order chi connectivity index (χ0) is 15.5.